The van der Waals surface area contributed by atoms with Crippen LogP contribution in [0, 0.1) is 5.82 Å². The van der Waals surface area contributed by atoms with Gasteiger partial charge in [-0.3, -0.25) is 4.79 Å². The van der Waals surface area contributed by atoms with Gasteiger partial charge in [-0.25, -0.2) is 17.9 Å². The first-order chi connectivity index (χ1) is 8.98. The summed E-state index contributed by atoms with van der Waals surface area (Å²) in [5.41, 5.74) is -0.967. The van der Waals surface area contributed by atoms with Crippen LogP contribution in [0.1, 0.15) is 37.6 Å². The predicted octanol–water partition coefficient (Wildman–Crippen LogP) is 2.04. The van der Waals surface area contributed by atoms with E-state index in [4.69, 9.17) is 16.7 Å². The second-order valence-electron chi connectivity index (χ2n) is 5.00. The first kappa shape index (κ1) is 16.9. The number of primary sulfonamides is 1. The quantitative estimate of drug-likeness (QED) is 0.889. The van der Waals surface area contributed by atoms with Crippen molar-refractivity contribution >= 4 is 27.5 Å². The molecule has 0 aromatic heterocycles. The molecule has 20 heavy (non-hydrogen) atoms. The van der Waals surface area contributed by atoms with Gasteiger partial charge >= 0.3 is 0 Å². The molecule has 0 saturated heterocycles. The van der Waals surface area contributed by atoms with E-state index in [2.05, 4.69) is 5.32 Å². The second kappa shape index (κ2) is 5.67. The maximum Gasteiger partial charge on any atom is 0.254 e. The van der Waals surface area contributed by atoms with Crippen LogP contribution in [0.15, 0.2) is 17.0 Å². The average Bonchev–Trinajstić information content (AvgIpc) is 2.26. The summed E-state index contributed by atoms with van der Waals surface area (Å²) in [7, 11) is -4.13. The molecule has 0 atom stereocenters. The number of nitrogens with two attached hydrogens (primary N) is 1. The first-order valence-corrected chi connectivity index (χ1v) is 7.74. The monoisotopic (exact) mass is 322 g/mol. The van der Waals surface area contributed by atoms with Gasteiger partial charge in [0.25, 0.3) is 5.91 Å². The van der Waals surface area contributed by atoms with Crippen LogP contribution in [0.4, 0.5) is 4.39 Å². The number of rotatable bonds is 4. The number of halogens is 2. The van der Waals surface area contributed by atoms with Gasteiger partial charge in [-0.1, -0.05) is 18.5 Å². The minimum absolute atomic E-state index is 0.365. The molecule has 0 aliphatic heterocycles. The largest absolute Gasteiger partial charge is 0.347 e. The molecular weight excluding hydrogens is 307 g/mol. The number of carbonyl (C=O) groups excluding carboxylic acids is 1. The van der Waals surface area contributed by atoms with Gasteiger partial charge in [-0.15, -0.1) is 0 Å². The lowest BCUT2D eigenvalue weighted by Crippen LogP contribution is -2.43. The summed E-state index contributed by atoms with van der Waals surface area (Å²) in [5, 5.41) is 7.20. The number of amides is 1. The molecule has 0 radical (unpaired) electrons. The maximum absolute atomic E-state index is 13.8. The van der Waals surface area contributed by atoms with Crippen molar-refractivity contribution in [3.05, 3.63) is 28.5 Å². The van der Waals surface area contributed by atoms with Crippen molar-refractivity contribution in [1.29, 1.82) is 0 Å². The molecule has 5 nitrogen and oxygen atoms in total. The summed E-state index contributed by atoms with van der Waals surface area (Å²) in [6, 6.07) is 1.60. The van der Waals surface area contributed by atoms with Gasteiger partial charge in [0.15, 0.2) is 0 Å². The summed E-state index contributed by atoms with van der Waals surface area (Å²) >= 11 is 5.62. The fourth-order valence-electron chi connectivity index (χ4n) is 1.38. The smallest absolute Gasteiger partial charge is 0.254 e. The van der Waals surface area contributed by atoms with E-state index in [9.17, 15) is 17.6 Å². The molecule has 8 heteroatoms. The van der Waals surface area contributed by atoms with Crippen molar-refractivity contribution < 1.29 is 17.6 Å². The molecule has 0 aliphatic rings. The van der Waals surface area contributed by atoms with Crippen molar-refractivity contribution in [2.24, 2.45) is 5.14 Å². The lowest BCUT2D eigenvalue weighted by molar-refractivity contribution is 0.0907. The van der Waals surface area contributed by atoms with Gasteiger partial charge in [-0.2, -0.15) is 0 Å². The van der Waals surface area contributed by atoms with Gasteiger partial charge in [-0.05, 0) is 32.4 Å². The molecule has 112 valence electrons. The zero-order valence-electron chi connectivity index (χ0n) is 11.3. The number of hydrogen-bond acceptors (Lipinski definition) is 3. The molecule has 0 fully saturated rings. The third-order valence-electron chi connectivity index (χ3n) is 2.91. The Morgan fingerprint density at radius 1 is 1.45 bits per heavy atom. The zero-order valence-corrected chi connectivity index (χ0v) is 12.9. The minimum Gasteiger partial charge on any atom is -0.347 e. The normalized spacial score (nSPS) is 12.3. The fraction of sp³-hybridized carbons (Fsp3) is 0.417. The van der Waals surface area contributed by atoms with Gasteiger partial charge in [0, 0.05) is 5.54 Å². The van der Waals surface area contributed by atoms with Gasteiger partial charge in [0.1, 0.15) is 10.7 Å². The molecule has 1 aromatic carbocycles. The molecule has 1 rings (SSSR count). The molecule has 1 aromatic rings. The van der Waals surface area contributed by atoms with Crippen LogP contribution in [-0.2, 0) is 10.0 Å². The minimum atomic E-state index is -4.13. The van der Waals surface area contributed by atoms with Crippen LogP contribution in [0.3, 0.4) is 0 Å². The van der Waals surface area contributed by atoms with Crippen LogP contribution < -0.4 is 10.5 Å². The van der Waals surface area contributed by atoms with Gasteiger partial charge in [0.2, 0.25) is 10.0 Å². The van der Waals surface area contributed by atoms with E-state index in [1.807, 2.05) is 6.92 Å². The van der Waals surface area contributed by atoms with E-state index in [1.165, 1.54) is 0 Å². The highest BCUT2D eigenvalue weighted by molar-refractivity contribution is 7.89. The highest BCUT2D eigenvalue weighted by Gasteiger charge is 2.24. The van der Waals surface area contributed by atoms with E-state index < -0.39 is 37.7 Å². The fourth-order valence-corrected chi connectivity index (χ4v) is 2.47. The SMILES string of the molecule is CCC(C)(C)NC(=O)c1cc(S(N)(=O)=O)c(Cl)cc1F. The molecular formula is C12H16ClFN2O3S. The second-order valence-corrected chi connectivity index (χ2v) is 6.94. The van der Waals surface area contributed by atoms with Crippen molar-refractivity contribution in [2.45, 2.75) is 37.6 Å². The molecule has 0 heterocycles. The Kier molecular flexibility index (Phi) is 4.78. The Bertz CT molecular complexity index is 644. The lowest BCUT2D eigenvalue weighted by Gasteiger charge is -2.24. The molecule has 0 spiro atoms. The summed E-state index contributed by atoms with van der Waals surface area (Å²) in [6.45, 7) is 5.38. The van der Waals surface area contributed by atoms with E-state index in [1.54, 1.807) is 13.8 Å². The Hall–Kier alpha value is -1.18. The topological polar surface area (TPSA) is 89.3 Å². The van der Waals surface area contributed by atoms with Crippen LogP contribution >= 0.6 is 11.6 Å². The average molecular weight is 323 g/mol. The Labute approximate surface area is 122 Å². The summed E-state index contributed by atoms with van der Waals surface area (Å²) in [4.78, 5) is 11.5. The number of benzene rings is 1. The highest BCUT2D eigenvalue weighted by atomic mass is 35.5. The molecule has 0 saturated carbocycles. The molecule has 0 bridgehead atoms. The summed E-state index contributed by atoms with van der Waals surface area (Å²) < 4.78 is 36.4. The van der Waals surface area contributed by atoms with Gasteiger partial charge in [0.05, 0.1) is 10.6 Å². The number of carbonyl (C=O) groups is 1. The lowest BCUT2D eigenvalue weighted by atomic mass is 10.0. The van der Waals surface area contributed by atoms with Crippen molar-refractivity contribution in [2.75, 3.05) is 0 Å². The third-order valence-corrected chi connectivity index (χ3v) is 4.28. The number of hydrogen-bond donors (Lipinski definition) is 2. The first-order valence-electron chi connectivity index (χ1n) is 5.82. The Balaban J connectivity index is 3.30. The number of nitrogens with one attached hydrogen (secondary N) is 1. The van der Waals surface area contributed by atoms with Crippen LogP contribution in [0.2, 0.25) is 5.02 Å². The standard InChI is InChI=1S/C12H16ClFN2O3S/c1-4-12(2,3)16-11(17)7-5-10(20(15,18)19)8(13)6-9(7)14/h5-6H,4H2,1-3H3,(H,16,17)(H2,15,18,19). The van der Waals surface area contributed by atoms with Crippen molar-refractivity contribution in [1.82, 2.24) is 5.32 Å². The van der Waals surface area contributed by atoms with Crippen molar-refractivity contribution in [3.8, 4) is 0 Å². The van der Waals surface area contributed by atoms with E-state index >= 15 is 0 Å². The highest BCUT2D eigenvalue weighted by Crippen LogP contribution is 2.24. The Morgan fingerprint density at radius 2 is 2.00 bits per heavy atom. The maximum atomic E-state index is 13.8. The van der Waals surface area contributed by atoms with E-state index in [0.29, 0.717) is 6.42 Å². The molecule has 0 aliphatic carbocycles. The van der Waals surface area contributed by atoms with E-state index in [-0.39, 0.29) is 5.02 Å². The third kappa shape index (κ3) is 3.91. The molecule has 0 unspecified atom stereocenters. The van der Waals surface area contributed by atoms with E-state index in [0.717, 1.165) is 12.1 Å². The van der Waals surface area contributed by atoms with Crippen LogP contribution in [-0.4, -0.2) is 19.9 Å². The van der Waals surface area contributed by atoms with Crippen LogP contribution in [0.5, 0.6) is 0 Å². The van der Waals surface area contributed by atoms with Crippen molar-refractivity contribution in [3.63, 3.8) is 0 Å². The van der Waals surface area contributed by atoms with Gasteiger partial charge < -0.3 is 5.32 Å². The molecule has 3 N–H and O–H groups in total. The predicted molar refractivity (Wildman–Crippen MR) is 74.6 cm³/mol. The molecule has 1 amide bonds. The summed E-state index contributed by atoms with van der Waals surface area (Å²) in [6.07, 6.45) is 0.621. The zero-order chi connectivity index (χ0) is 15.7. The number of sulfonamides is 1. The van der Waals surface area contributed by atoms with Crippen LogP contribution in [0.25, 0.3) is 0 Å². The summed E-state index contributed by atoms with van der Waals surface area (Å²) in [5.74, 6) is -1.64. The Morgan fingerprint density at radius 3 is 2.45 bits per heavy atom.